The van der Waals surface area contributed by atoms with Crippen LogP contribution in [0.15, 0.2) is 36.4 Å². The summed E-state index contributed by atoms with van der Waals surface area (Å²) in [5, 5.41) is 1.28. The molecule has 2 nitrogen and oxygen atoms in total. The van der Waals surface area contributed by atoms with E-state index in [4.69, 9.17) is 33.7 Å². The van der Waals surface area contributed by atoms with Gasteiger partial charge in [-0.1, -0.05) is 29.3 Å². The van der Waals surface area contributed by atoms with Crippen molar-refractivity contribution in [3.63, 3.8) is 0 Å². The Morgan fingerprint density at radius 1 is 1.17 bits per heavy atom. The van der Waals surface area contributed by atoms with Crippen molar-refractivity contribution >= 4 is 28.9 Å². The van der Waals surface area contributed by atoms with E-state index in [1.807, 2.05) is 25.1 Å². The van der Waals surface area contributed by atoms with Crippen LogP contribution >= 0.6 is 23.2 Å². The van der Waals surface area contributed by atoms with Crippen LogP contribution < -0.4 is 10.5 Å². The van der Waals surface area contributed by atoms with Gasteiger partial charge in [-0.2, -0.15) is 0 Å². The summed E-state index contributed by atoms with van der Waals surface area (Å²) in [7, 11) is 0. The van der Waals surface area contributed by atoms with Gasteiger partial charge in [-0.3, -0.25) is 0 Å². The van der Waals surface area contributed by atoms with Gasteiger partial charge in [0.1, 0.15) is 12.4 Å². The van der Waals surface area contributed by atoms with Crippen molar-refractivity contribution in [3.8, 4) is 5.75 Å². The quantitative estimate of drug-likeness (QED) is 0.843. The van der Waals surface area contributed by atoms with Gasteiger partial charge in [0.25, 0.3) is 0 Å². The van der Waals surface area contributed by atoms with Crippen LogP contribution in [0.25, 0.3) is 0 Å². The van der Waals surface area contributed by atoms with Gasteiger partial charge in [0, 0.05) is 26.9 Å². The Morgan fingerprint density at radius 3 is 2.72 bits per heavy atom. The van der Waals surface area contributed by atoms with Gasteiger partial charge in [0.2, 0.25) is 0 Å². The fraction of sp³-hybridized carbons (Fsp3) is 0.143. The van der Waals surface area contributed by atoms with E-state index in [9.17, 15) is 0 Å². The molecule has 0 aliphatic heterocycles. The summed E-state index contributed by atoms with van der Waals surface area (Å²) >= 11 is 12.0. The lowest BCUT2D eigenvalue weighted by Crippen LogP contribution is -1.99. The summed E-state index contributed by atoms with van der Waals surface area (Å²) in [5.74, 6) is 0.756. The number of hydrogen-bond acceptors (Lipinski definition) is 2. The van der Waals surface area contributed by atoms with Crippen molar-refractivity contribution in [1.82, 2.24) is 0 Å². The third kappa shape index (κ3) is 2.89. The molecule has 0 aromatic heterocycles. The molecule has 18 heavy (non-hydrogen) atoms. The first kappa shape index (κ1) is 13.1. The molecule has 0 amide bonds. The van der Waals surface area contributed by atoms with Crippen LogP contribution in [-0.4, -0.2) is 0 Å². The average Bonchev–Trinajstić information content (AvgIpc) is 2.35. The summed E-state index contributed by atoms with van der Waals surface area (Å²) in [6.45, 7) is 2.29. The highest BCUT2D eigenvalue weighted by Gasteiger charge is 2.05. The molecular weight excluding hydrogens is 269 g/mol. The van der Waals surface area contributed by atoms with Crippen LogP contribution in [0.4, 0.5) is 5.69 Å². The highest BCUT2D eigenvalue weighted by molar-refractivity contribution is 6.33. The maximum absolute atomic E-state index is 6.07. The molecule has 0 radical (unpaired) electrons. The summed E-state index contributed by atoms with van der Waals surface area (Å²) in [6, 6.07) is 10.9. The number of anilines is 1. The minimum atomic E-state index is 0.365. The average molecular weight is 282 g/mol. The molecule has 0 unspecified atom stereocenters. The van der Waals surface area contributed by atoms with Crippen LogP contribution in [-0.2, 0) is 6.61 Å². The van der Waals surface area contributed by atoms with Crippen LogP contribution in [0.3, 0.4) is 0 Å². The first-order valence-electron chi connectivity index (χ1n) is 5.50. The Bertz CT molecular complexity index is 568. The molecule has 0 heterocycles. The summed E-state index contributed by atoms with van der Waals surface area (Å²) in [4.78, 5) is 0. The van der Waals surface area contributed by atoms with Crippen molar-refractivity contribution < 1.29 is 4.74 Å². The standard InChI is InChI=1S/C14H13Cl2NO/c1-9-13(17)3-2-4-14(9)18-8-10-7-11(15)5-6-12(10)16/h2-7H,8,17H2,1H3. The van der Waals surface area contributed by atoms with Crippen LogP contribution in [0.2, 0.25) is 10.0 Å². The SMILES string of the molecule is Cc1c(N)cccc1OCc1cc(Cl)ccc1Cl. The lowest BCUT2D eigenvalue weighted by molar-refractivity contribution is 0.304. The Labute approximate surface area is 116 Å². The summed E-state index contributed by atoms with van der Waals surface area (Å²) in [6.07, 6.45) is 0. The van der Waals surface area contributed by atoms with E-state index in [0.29, 0.717) is 22.3 Å². The second kappa shape index (κ2) is 5.51. The van der Waals surface area contributed by atoms with E-state index in [-0.39, 0.29) is 0 Å². The first-order chi connectivity index (χ1) is 8.58. The number of nitrogens with two attached hydrogens (primary N) is 1. The minimum Gasteiger partial charge on any atom is -0.489 e. The van der Waals surface area contributed by atoms with Gasteiger partial charge in [-0.25, -0.2) is 0 Å². The molecule has 0 atom stereocenters. The fourth-order valence-corrected chi connectivity index (χ4v) is 1.96. The second-order valence-corrected chi connectivity index (χ2v) is 4.84. The van der Waals surface area contributed by atoms with Crippen molar-refractivity contribution in [2.24, 2.45) is 0 Å². The first-order valence-corrected chi connectivity index (χ1v) is 6.25. The molecule has 0 fully saturated rings. The van der Waals surface area contributed by atoms with Crippen LogP contribution in [0, 0.1) is 6.92 Å². The zero-order chi connectivity index (χ0) is 13.1. The molecule has 0 aliphatic rings. The zero-order valence-electron chi connectivity index (χ0n) is 9.91. The number of ether oxygens (including phenoxy) is 1. The van der Waals surface area contributed by atoms with E-state index >= 15 is 0 Å². The normalized spacial score (nSPS) is 10.4. The zero-order valence-corrected chi connectivity index (χ0v) is 11.4. The molecule has 0 bridgehead atoms. The van der Waals surface area contributed by atoms with E-state index < -0.39 is 0 Å². The largest absolute Gasteiger partial charge is 0.489 e. The van der Waals surface area contributed by atoms with Gasteiger partial charge in [-0.15, -0.1) is 0 Å². The Morgan fingerprint density at radius 2 is 1.94 bits per heavy atom. The second-order valence-electron chi connectivity index (χ2n) is 3.99. The predicted octanol–water partition coefficient (Wildman–Crippen LogP) is 4.46. The highest BCUT2D eigenvalue weighted by atomic mass is 35.5. The molecule has 0 aliphatic carbocycles. The molecule has 0 saturated carbocycles. The smallest absolute Gasteiger partial charge is 0.124 e. The Hall–Kier alpha value is -1.38. The molecule has 0 saturated heterocycles. The van der Waals surface area contributed by atoms with Gasteiger partial charge < -0.3 is 10.5 Å². The minimum absolute atomic E-state index is 0.365. The number of halogens is 2. The van der Waals surface area contributed by atoms with Crippen LogP contribution in [0.1, 0.15) is 11.1 Å². The molecule has 2 rings (SSSR count). The van der Waals surface area contributed by atoms with Gasteiger partial charge in [-0.05, 0) is 37.3 Å². The van der Waals surface area contributed by atoms with Crippen molar-refractivity contribution in [3.05, 3.63) is 57.6 Å². The third-order valence-corrected chi connectivity index (χ3v) is 3.32. The number of hydrogen-bond donors (Lipinski definition) is 1. The Balaban J connectivity index is 2.16. The molecular formula is C14H13Cl2NO. The van der Waals surface area contributed by atoms with E-state index in [1.165, 1.54) is 0 Å². The summed E-state index contributed by atoms with van der Waals surface area (Å²) in [5.41, 5.74) is 8.31. The number of rotatable bonds is 3. The van der Waals surface area contributed by atoms with Crippen LogP contribution in [0.5, 0.6) is 5.75 Å². The van der Waals surface area contributed by atoms with E-state index in [2.05, 4.69) is 0 Å². The molecule has 2 aromatic rings. The molecule has 2 N–H and O–H groups in total. The Kier molecular flexibility index (Phi) is 4.00. The third-order valence-electron chi connectivity index (χ3n) is 2.72. The maximum atomic E-state index is 6.07. The molecule has 0 spiro atoms. The highest BCUT2D eigenvalue weighted by Crippen LogP contribution is 2.26. The maximum Gasteiger partial charge on any atom is 0.124 e. The van der Waals surface area contributed by atoms with Gasteiger partial charge in [0.15, 0.2) is 0 Å². The predicted molar refractivity (Wildman–Crippen MR) is 76.4 cm³/mol. The lowest BCUT2D eigenvalue weighted by Gasteiger charge is -2.11. The molecule has 4 heteroatoms. The van der Waals surface area contributed by atoms with Gasteiger partial charge >= 0.3 is 0 Å². The van der Waals surface area contributed by atoms with Crippen molar-refractivity contribution in [2.45, 2.75) is 13.5 Å². The van der Waals surface area contributed by atoms with Crippen molar-refractivity contribution in [2.75, 3.05) is 5.73 Å². The topological polar surface area (TPSA) is 35.2 Å². The molecule has 94 valence electrons. The van der Waals surface area contributed by atoms with Crippen molar-refractivity contribution in [1.29, 1.82) is 0 Å². The fourth-order valence-electron chi connectivity index (χ4n) is 1.60. The number of nitrogen functional groups attached to an aromatic ring is 1. The number of benzene rings is 2. The van der Waals surface area contributed by atoms with E-state index in [0.717, 1.165) is 16.9 Å². The monoisotopic (exact) mass is 281 g/mol. The lowest BCUT2D eigenvalue weighted by atomic mass is 10.2. The molecule has 2 aromatic carbocycles. The van der Waals surface area contributed by atoms with E-state index in [1.54, 1.807) is 18.2 Å². The van der Waals surface area contributed by atoms with Gasteiger partial charge in [0.05, 0.1) is 0 Å². The summed E-state index contributed by atoms with van der Waals surface area (Å²) < 4.78 is 5.72.